The van der Waals surface area contributed by atoms with Crippen LogP contribution in [0.5, 0.6) is 0 Å². The SMILES string of the molecule is CCCCCN(CCCCC)CCC[C@@H](C)[C@H]1CC[C@H]2C3[C@H](OCCCN)CC4C[C@H](OCCCN)CCC4(C)[C@H]3C[C@H](OCCCN)[C@]12C. The van der Waals surface area contributed by atoms with Crippen molar-refractivity contribution in [1.29, 1.82) is 0 Å². The first-order valence-electron chi connectivity index (χ1n) is 22.0. The highest BCUT2D eigenvalue weighted by Crippen LogP contribution is 2.69. The average Bonchev–Trinajstić information content (AvgIpc) is 3.47. The normalized spacial score (nSPS) is 35.9. The van der Waals surface area contributed by atoms with Crippen LogP contribution in [0, 0.1) is 46.3 Å². The summed E-state index contributed by atoms with van der Waals surface area (Å²) in [5.74, 6) is 3.92. The van der Waals surface area contributed by atoms with Gasteiger partial charge >= 0.3 is 0 Å². The summed E-state index contributed by atoms with van der Waals surface area (Å²) in [4.78, 5) is 2.79. The molecule has 4 fully saturated rings. The Morgan fingerprint density at radius 3 is 1.94 bits per heavy atom. The summed E-state index contributed by atoms with van der Waals surface area (Å²) in [5.41, 5.74) is 18.3. The first-order chi connectivity index (χ1) is 24.3. The van der Waals surface area contributed by atoms with E-state index in [2.05, 4.69) is 39.5 Å². The van der Waals surface area contributed by atoms with Crippen molar-refractivity contribution in [3.8, 4) is 0 Å². The van der Waals surface area contributed by atoms with Gasteiger partial charge < -0.3 is 36.3 Å². The van der Waals surface area contributed by atoms with Gasteiger partial charge in [-0.1, -0.05) is 60.3 Å². The Hall–Kier alpha value is -0.280. The number of unbranched alkanes of at least 4 members (excludes halogenated alkanes) is 4. The second kappa shape index (κ2) is 21.6. The van der Waals surface area contributed by atoms with Crippen LogP contribution in [0.4, 0.5) is 0 Å². The molecule has 294 valence electrons. The van der Waals surface area contributed by atoms with Gasteiger partial charge in [0, 0.05) is 25.2 Å². The lowest BCUT2D eigenvalue weighted by atomic mass is 9.43. The second-order valence-electron chi connectivity index (χ2n) is 17.9. The Kier molecular flexibility index (Phi) is 18.3. The predicted octanol–water partition coefficient (Wildman–Crippen LogP) is 8.17. The number of ether oxygens (including phenoxy) is 3. The molecule has 0 amide bonds. The fourth-order valence-corrected chi connectivity index (χ4v) is 11.9. The van der Waals surface area contributed by atoms with E-state index in [0.29, 0.717) is 78.9 Å². The zero-order chi connectivity index (χ0) is 36.0. The van der Waals surface area contributed by atoms with Gasteiger partial charge in [0.2, 0.25) is 0 Å². The van der Waals surface area contributed by atoms with Crippen LogP contribution in [0.15, 0.2) is 0 Å². The highest BCUT2D eigenvalue weighted by atomic mass is 16.5. The Labute approximate surface area is 309 Å². The van der Waals surface area contributed by atoms with Crippen LogP contribution in [-0.4, -0.2) is 82.3 Å². The minimum Gasteiger partial charge on any atom is -0.378 e. The molecule has 4 rings (SSSR count). The Morgan fingerprint density at radius 2 is 1.30 bits per heavy atom. The fourth-order valence-electron chi connectivity index (χ4n) is 11.9. The van der Waals surface area contributed by atoms with Crippen molar-refractivity contribution in [2.75, 3.05) is 59.1 Å². The molecule has 4 saturated carbocycles. The molecule has 0 aromatic rings. The first-order valence-corrected chi connectivity index (χ1v) is 22.0. The summed E-state index contributed by atoms with van der Waals surface area (Å²) in [6.45, 7) is 20.9. The highest BCUT2D eigenvalue weighted by Gasteiger charge is 2.66. The Balaban J connectivity index is 1.53. The van der Waals surface area contributed by atoms with Crippen LogP contribution >= 0.6 is 0 Å². The molecule has 7 heteroatoms. The molecule has 6 N–H and O–H groups in total. The lowest BCUT2D eigenvalue weighted by Crippen LogP contribution is -2.63. The molecule has 0 heterocycles. The molecule has 0 aromatic heterocycles. The van der Waals surface area contributed by atoms with Crippen molar-refractivity contribution in [2.45, 2.75) is 169 Å². The number of hydrogen-bond donors (Lipinski definition) is 3. The maximum Gasteiger partial charge on any atom is 0.0637 e. The summed E-state index contributed by atoms with van der Waals surface area (Å²) >= 11 is 0. The molecule has 11 atom stereocenters. The standard InChI is InChI=1S/C43H84N4O3/c1-6-8-10-24-47(25-11-9-7-2)26-12-16-33(3)36-17-18-37-41-38(32-40(43(36,37)5)50-29-15-23-46)42(4)20-19-35(48-27-13-21-44)30-34(42)31-39(41)49-28-14-22-45/h33-41H,6-32,44-46H2,1-5H3/t33-,34?,35-,36-,37+,38+,39-,40+,41?,42?,43-/m1/s1. The monoisotopic (exact) mass is 705 g/mol. The smallest absolute Gasteiger partial charge is 0.0637 e. The molecular weight excluding hydrogens is 620 g/mol. The van der Waals surface area contributed by atoms with Crippen LogP contribution in [0.1, 0.15) is 150 Å². The number of nitrogens with zero attached hydrogens (tertiary/aromatic N) is 1. The molecule has 7 nitrogen and oxygen atoms in total. The Bertz CT molecular complexity index is 915. The van der Waals surface area contributed by atoms with Gasteiger partial charge in [0.15, 0.2) is 0 Å². The molecule has 3 unspecified atom stereocenters. The van der Waals surface area contributed by atoms with E-state index in [-0.39, 0.29) is 5.41 Å². The third-order valence-electron chi connectivity index (χ3n) is 14.8. The number of hydrogen-bond acceptors (Lipinski definition) is 7. The largest absolute Gasteiger partial charge is 0.378 e. The van der Waals surface area contributed by atoms with Crippen molar-refractivity contribution in [2.24, 2.45) is 63.5 Å². The minimum absolute atomic E-state index is 0.179. The summed E-state index contributed by atoms with van der Waals surface area (Å²) in [6.07, 6.45) is 23.1. The lowest BCUT2D eigenvalue weighted by molar-refractivity contribution is -0.227. The minimum atomic E-state index is 0.179. The van der Waals surface area contributed by atoms with Gasteiger partial charge in [-0.05, 0) is 170 Å². The number of fused-ring (bicyclic) bond motifs is 5. The zero-order valence-corrected chi connectivity index (χ0v) is 33.7. The molecular formula is C43H84N4O3. The summed E-state index contributed by atoms with van der Waals surface area (Å²) in [5, 5.41) is 0. The lowest BCUT2D eigenvalue weighted by Gasteiger charge is -2.65. The van der Waals surface area contributed by atoms with E-state index in [9.17, 15) is 0 Å². The molecule has 4 aliphatic carbocycles. The third-order valence-corrected chi connectivity index (χ3v) is 14.8. The topological polar surface area (TPSA) is 109 Å². The van der Waals surface area contributed by atoms with Crippen molar-refractivity contribution < 1.29 is 14.2 Å². The van der Waals surface area contributed by atoms with E-state index in [1.165, 1.54) is 110 Å². The van der Waals surface area contributed by atoms with E-state index >= 15 is 0 Å². The summed E-state index contributed by atoms with van der Waals surface area (Å²) < 4.78 is 20.5. The van der Waals surface area contributed by atoms with E-state index in [4.69, 9.17) is 31.4 Å². The maximum absolute atomic E-state index is 7.09. The van der Waals surface area contributed by atoms with Crippen LogP contribution in [0.25, 0.3) is 0 Å². The molecule has 0 aromatic carbocycles. The molecule has 0 saturated heterocycles. The van der Waals surface area contributed by atoms with Gasteiger partial charge in [0.25, 0.3) is 0 Å². The van der Waals surface area contributed by atoms with Crippen LogP contribution in [0.3, 0.4) is 0 Å². The van der Waals surface area contributed by atoms with E-state index in [1.54, 1.807) is 0 Å². The highest BCUT2D eigenvalue weighted by molar-refractivity contribution is 5.15. The van der Waals surface area contributed by atoms with Gasteiger partial charge in [-0.3, -0.25) is 0 Å². The zero-order valence-electron chi connectivity index (χ0n) is 33.7. The average molecular weight is 705 g/mol. The number of rotatable bonds is 25. The van der Waals surface area contributed by atoms with Crippen molar-refractivity contribution in [3.63, 3.8) is 0 Å². The molecule has 0 bridgehead atoms. The van der Waals surface area contributed by atoms with Crippen molar-refractivity contribution in [3.05, 3.63) is 0 Å². The fraction of sp³-hybridized carbons (Fsp3) is 1.00. The van der Waals surface area contributed by atoms with Crippen molar-refractivity contribution >= 4 is 0 Å². The first kappa shape index (κ1) is 42.5. The number of nitrogens with two attached hydrogens (primary N) is 3. The summed E-state index contributed by atoms with van der Waals surface area (Å²) in [6, 6.07) is 0. The van der Waals surface area contributed by atoms with Gasteiger partial charge in [0.05, 0.1) is 18.3 Å². The van der Waals surface area contributed by atoms with Crippen molar-refractivity contribution in [1.82, 2.24) is 4.90 Å². The van der Waals surface area contributed by atoms with Crippen LogP contribution < -0.4 is 17.2 Å². The van der Waals surface area contributed by atoms with Crippen LogP contribution in [0.2, 0.25) is 0 Å². The quantitative estimate of drug-likeness (QED) is 0.0823. The maximum atomic E-state index is 7.09. The van der Waals surface area contributed by atoms with Gasteiger partial charge in [0.1, 0.15) is 0 Å². The van der Waals surface area contributed by atoms with Gasteiger partial charge in [-0.15, -0.1) is 0 Å². The molecule has 0 aliphatic heterocycles. The van der Waals surface area contributed by atoms with E-state index in [0.717, 1.165) is 45.5 Å². The van der Waals surface area contributed by atoms with Gasteiger partial charge in [-0.2, -0.15) is 0 Å². The Morgan fingerprint density at radius 1 is 0.680 bits per heavy atom. The van der Waals surface area contributed by atoms with E-state index in [1.807, 2.05) is 0 Å². The molecule has 4 aliphatic rings. The second-order valence-corrected chi connectivity index (χ2v) is 17.9. The third kappa shape index (κ3) is 10.5. The van der Waals surface area contributed by atoms with Gasteiger partial charge in [-0.25, -0.2) is 0 Å². The summed E-state index contributed by atoms with van der Waals surface area (Å²) in [7, 11) is 0. The molecule has 50 heavy (non-hydrogen) atoms. The predicted molar refractivity (Wildman–Crippen MR) is 210 cm³/mol. The van der Waals surface area contributed by atoms with Crippen LogP contribution in [-0.2, 0) is 14.2 Å². The molecule has 0 radical (unpaired) electrons. The van der Waals surface area contributed by atoms with E-state index < -0.39 is 0 Å². The molecule has 0 spiro atoms.